The molecule has 1 aliphatic rings. The Bertz CT molecular complexity index is 598. The molecule has 98 valence electrons. The first-order chi connectivity index (χ1) is 9.19. The van der Waals surface area contributed by atoms with Crippen molar-refractivity contribution >= 4 is 0 Å². The minimum absolute atomic E-state index is 0.229. The van der Waals surface area contributed by atoms with Crippen molar-refractivity contribution in [2.24, 2.45) is 5.73 Å². The summed E-state index contributed by atoms with van der Waals surface area (Å²) in [6, 6.07) is 8.99. The number of hydrogen-bond acceptors (Lipinski definition) is 3. The Kier molecular flexibility index (Phi) is 2.95. The Morgan fingerprint density at radius 3 is 2.68 bits per heavy atom. The van der Waals surface area contributed by atoms with Crippen LogP contribution in [0.3, 0.4) is 0 Å². The van der Waals surface area contributed by atoms with Crippen LogP contribution in [-0.4, -0.2) is 18.1 Å². The molecule has 0 spiro atoms. The van der Waals surface area contributed by atoms with Crippen molar-refractivity contribution in [1.82, 2.24) is 4.98 Å². The average Bonchev–Trinajstić information content (AvgIpc) is 3.17. The zero-order valence-corrected chi connectivity index (χ0v) is 10.6. The van der Waals surface area contributed by atoms with Gasteiger partial charge < -0.3 is 10.5 Å². The van der Waals surface area contributed by atoms with E-state index in [9.17, 15) is 4.39 Å². The first kappa shape index (κ1) is 12.1. The molecule has 0 aliphatic heterocycles. The van der Waals surface area contributed by atoms with Crippen molar-refractivity contribution in [3.63, 3.8) is 0 Å². The second kappa shape index (κ2) is 4.63. The maximum Gasteiger partial charge on any atom is 0.165 e. The monoisotopic (exact) mass is 258 g/mol. The number of rotatable bonds is 3. The molecule has 2 atom stereocenters. The molecule has 0 bridgehead atoms. The molecule has 1 aromatic carbocycles. The number of nitrogens with zero attached hydrogens (tertiary/aromatic N) is 1. The maximum absolute atomic E-state index is 13.3. The molecule has 3 rings (SSSR count). The summed E-state index contributed by atoms with van der Waals surface area (Å²) in [6.07, 6.45) is 2.88. The first-order valence-corrected chi connectivity index (χ1v) is 6.24. The van der Waals surface area contributed by atoms with Gasteiger partial charge in [0, 0.05) is 23.7 Å². The molecule has 0 amide bonds. The molecule has 0 radical (unpaired) electrons. The van der Waals surface area contributed by atoms with Gasteiger partial charge in [0.1, 0.15) is 0 Å². The van der Waals surface area contributed by atoms with Crippen molar-refractivity contribution in [3.05, 3.63) is 47.9 Å². The fourth-order valence-corrected chi connectivity index (χ4v) is 2.21. The third kappa shape index (κ3) is 2.31. The summed E-state index contributed by atoms with van der Waals surface area (Å²) in [4.78, 5) is 4.42. The van der Waals surface area contributed by atoms with Crippen molar-refractivity contribution in [2.45, 2.75) is 18.4 Å². The summed E-state index contributed by atoms with van der Waals surface area (Å²) < 4.78 is 18.3. The third-order valence-electron chi connectivity index (χ3n) is 3.50. The third-order valence-corrected chi connectivity index (χ3v) is 3.50. The van der Waals surface area contributed by atoms with Crippen molar-refractivity contribution in [1.29, 1.82) is 0 Å². The van der Waals surface area contributed by atoms with Crippen LogP contribution >= 0.6 is 0 Å². The summed E-state index contributed by atoms with van der Waals surface area (Å²) in [5, 5.41) is 0. The van der Waals surface area contributed by atoms with E-state index < -0.39 is 0 Å². The summed E-state index contributed by atoms with van der Waals surface area (Å²) in [7, 11) is 1.45. The first-order valence-electron chi connectivity index (χ1n) is 6.24. The fourth-order valence-electron chi connectivity index (χ4n) is 2.21. The predicted molar refractivity (Wildman–Crippen MR) is 71.5 cm³/mol. The van der Waals surface area contributed by atoms with Crippen molar-refractivity contribution in [3.8, 4) is 17.0 Å². The Labute approximate surface area is 111 Å². The average molecular weight is 258 g/mol. The largest absolute Gasteiger partial charge is 0.494 e. The number of nitrogens with two attached hydrogens (primary N) is 1. The molecule has 2 aromatic rings. The van der Waals surface area contributed by atoms with Gasteiger partial charge in [-0.2, -0.15) is 0 Å². The highest BCUT2D eigenvalue weighted by molar-refractivity contribution is 5.61. The summed E-state index contributed by atoms with van der Waals surface area (Å²) in [5.41, 5.74) is 8.63. The van der Waals surface area contributed by atoms with Crippen LogP contribution in [0.15, 0.2) is 36.5 Å². The molecule has 1 fully saturated rings. The number of pyridine rings is 1. The summed E-state index contributed by atoms with van der Waals surface area (Å²) in [6.45, 7) is 0. The molecule has 0 saturated heterocycles. The molecule has 1 heterocycles. The second-order valence-corrected chi connectivity index (χ2v) is 4.83. The predicted octanol–water partition coefficient (Wildman–Crippen LogP) is 2.71. The van der Waals surface area contributed by atoms with E-state index >= 15 is 0 Å². The van der Waals surface area contributed by atoms with Gasteiger partial charge in [-0.1, -0.05) is 6.07 Å². The quantitative estimate of drug-likeness (QED) is 0.920. The Morgan fingerprint density at radius 2 is 2.11 bits per heavy atom. The van der Waals surface area contributed by atoms with E-state index in [-0.39, 0.29) is 17.6 Å². The van der Waals surface area contributed by atoms with Gasteiger partial charge in [0.2, 0.25) is 0 Å². The number of hydrogen-bond donors (Lipinski definition) is 1. The number of ether oxygens (including phenoxy) is 1. The standard InChI is InChI=1S/C15H15FN2O/c1-19-15-6-9(2-4-12(15)16)14-5-3-10(8-18-14)11-7-13(11)17/h2-6,8,11,13H,7,17H2,1H3/t11-,13+/m0/s1. The van der Waals surface area contributed by atoms with Crippen LogP contribution in [0.2, 0.25) is 0 Å². The molecule has 19 heavy (non-hydrogen) atoms. The molecule has 1 aliphatic carbocycles. The van der Waals surface area contributed by atoms with Crippen molar-refractivity contribution < 1.29 is 9.13 Å². The van der Waals surface area contributed by atoms with E-state index in [1.165, 1.54) is 18.7 Å². The highest BCUT2D eigenvalue weighted by atomic mass is 19.1. The van der Waals surface area contributed by atoms with Crippen LogP contribution < -0.4 is 10.5 Å². The molecule has 2 N–H and O–H groups in total. The molecular weight excluding hydrogens is 243 g/mol. The van der Waals surface area contributed by atoms with Crippen LogP contribution in [0.1, 0.15) is 17.9 Å². The van der Waals surface area contributed by atoms with Crippen LogP contribution in [-0.2, 0) is 0 Å². The van der Waals surface area contributed by atoms with E-state index in [1.54, 1.807) is 12.1 Å². The Balaban J connectivity index is 1.89. The fraction of sp³-hybridized carbons (Fsp3) is 0.267. The smallest absolute Gasteiger partial charge is 0.165 e. The van der Waals surface area contributed by atoms with Crippen molar-refractivity contribution in [2.75, 3.05) is 7.11 Å². The van der Waals surface area contributed by atoms with E-state index in [4.69, 9.17) is 10.5 Å². The normalized spacial score (nSPS) is 21.2. The summed E-state index contributed by atoms with van der Waals surface area (Å²) >= 11 is 0. The van der Waals surface area contributed by atoms with Gasteiger partial charge in [-0.15, -0.1) is 0 Å². The zero-order chi connectivity index (χ0) is 13.4. The van der Waals surface area contributed by atoms with Gasteiger partial charge in [-0.25, -0.2) is 4.39 Å². The number of methoxy groups -OCH3 is 1. The van der Waals surface area contributed by atoms with Gasteiger partial charge in [-0.05, 0) is 36.2 Å². The van der Waals surface area contributed by atoms with E-state index in [2.05, 4.69) is 4.98 Å². The number of benzene rings is 1. The van der Waals surface area contributed by atoms with Crippen LogP contribution in [0.5, 0.6) is 5.75 Å². The zero-order valence-electron chi connectivity index (χ0n) is 10.6. The van der Waals surface area contributed by atoms with Gasteiger partial charge in [-0.3, -0.25) is 4.98 Å². The topological polar surface area (TPSA) is 48.1 Å². The van der Waals surface area contributed by atoms with Gasteiger partial charge >= 0.3 is 0 Å². The lowest BCUT2D eigenvalue weighted by Gasteiger charge is -2.06. The number of halogens is 1. The van der Waals surface area contributed by atoms with Gasteiger partial charge in [0.25, 0.3) is 0 Å². The lowest BCUT2D eigenvalue weighted by molar-refractivity contribution is 0.387. The molecule has 1 saturated carbocycles. The van der Waals surface area contributed by atoms with Crippen LogP contribution in [0, 0.1) is 5.82 Å². The van der Waals surface area contributed by atoms with Gasteiger partial charge in [0.15, 0.2) is 11.6 Å². The summed E-state index contributed by atoms with van der Waals surface area (Å²) in [5.74, 6) is 0.309. The van der Waals surface area contributed by atoms with Crippen LogP contribution in [0.4, 0.5) is 4.39 Å². The molecule has 1 aromatic heterocycles. The van der Waals surface area contributed by atoms with Gasteiger partial charge in [0.05, 0.1) is 12.8 Å². The minimum Gasteiger partial charge on any atom is -0.494 e. The maximum atomic E-state index is 13.3. The lowest BCUT2D eigenvalue weighted by atomic mass is 10.1. The SMILES string of the molecule is COc1cc(-c2ccc([C@@H]3C[C@H]3N)cn2)ccc1F. The molecule has 3 nitrogen and oxygen atoms in total. The highest BCUT2D eigenvalue weighted by Crippen LogP contribution is 2.39. The molecule has 4 heteroatoms. The Hall–Kier alpha value is -1.94. The van der Waals surface area contributed by atoms with E-state index in [1.807, 2.05) is 18.3 Å². The second-order valence-electron chi connectivity index (χ2n) is 4.83. The van der Waals surface area contributed by atoms with Crippen LogP contribution in [0.25, 0.3) is 11.3 Å². The Morgan fingerprint density at radius 1 is 1.32 bits per heavy atom. The van der Waals surface area contributed by atoms with E-state index in [0.29, 0.717) is 5.92 Å². The highest BCUT2D eigenvalue weighted by Gasteiger charge is 2.34. The van der Waals surface area contributed by atoms with E-state index in [0.717, 1.165) is 17.7 Å². The lowest BCUT2D eigenvalue weighted by Crippen LogP contribution is -2.01. The molecule has 0 unspecified atom stereocenters. The number of aromatic nitrogens is 1. The molecular formula is C15H15FN2O. The minimum atomic E-state index is -0.369.